The van der Waals surface area contributed by atoms with Crippen LogP contribution >= 0.6 is 0 Å². The molecule has 2 aromatic heterocycles. The largest absolute Gasteiger partial charge is 0.394 e. The van der Waals surface area contributed by atoms with Crippen molar-refractivity contribution in [3.8, 4) is 11.1 Å². The molecule has 0 bridgehead atoms. The van der Waals surface area contributed by atoms with Gasteiger partial charge in [-0.1, -0.05) is 30.7 Å². The molecule has 3 heterocycles. The second-order valence-electron chi connectivity index (χ2n) is 9.22. The normalized spacial score (nSPS) is 19.4. The molecule has 1 aliphatic carbocycles. The number of aliphatic imine (C=N–C) groups is 1. The quantitative estimate of drug-likeness (QED) is 0.368. The lowest BCUT2D eigenvalue weighted by molar-refractivity contribution is 0.100. The third-order valence-corrected chi connectivity index (χ3v) is 7.24. The van der Waals surface area contributed by atoms with Gasteiger partial charge >= 0.3 is 0 Å². The van der Waals surface area contributed by atoms with Gasteiger partial charge in [0.05, 0.1) is 23.6 Å². The number of aromatic nitrogens is 3. The Morgan fingerprint density at radius 2 is 1.77 bits per heavy atom. The zero-order chi connectivity index (χ0) is 24.4. The first-order valence-corrected chi connectivity index (χ1v) is 11.9. The van der Waals surface area contributed by atoms with Crippen LogP contribution in [0, 0.1) is 0 Å². The molecule has 1 aliphatic heterocycles. The van der Waals surface area contributed by atoms with Gasteiger partial charge in [0, 0.05) is 30.7 Å². The number of amides is 1. The van der Waals surface area contributed by atoms with Gasteiger partial charge in [-0.2, -0.15) is 4.99 Å². The van der Waals surface area contributed by atoms with Gasteiger partial charge in [0.2, 0.25) is 5.95 Å². The van der Waals surface area contributed by atoms with Crippen molar-refractivity contribution in [3.63, 3.8) is 0 Å². The molecular weight excluding hydrogens is 442 g/mol. The maximum atomic E-state index is 12.9. The first-order valence-electron chi connectivity index (χ1n) is 11.9. The van der Waals surface area contributed by atoms with Gasteiger partial charge in [-0.3, -0.25) is 4.79 Å². The molecule has 5 rings (SSSR count). The Balaban J connectivity index is 1.34. The molecule has 1 aromatic carbocycles. The number of pyridine rings is 1. The molecule has 180 valence electrons. The predicted octanol–water partition coefficient (Wildman–Crippen LogP) is 2.70. The molecule has 1 unspecified atom stereocenters. The maximum absolute atomic E-state index is 12.9. The van der Waals surface area contributed by atoms with Crippen LogP contribution in [0.25, 0.3) is 11.1 Å². The molecule has 0 spiro atoms. The summed E-state index contributed by atoms with van der Waals surface area (Å²) in [6.45, 7) is 0.948. The Labute approximate surface area is 203 Å². The summed E-state index contributed by atoms with van der Waals surface area (Å²) in [5, 5.41) is 9.56. The summed E-state index contributed by atoms with van der Waals surface area (Å²) in [6, 6.07) is 11.7. The number of hydrogen-bond donors (Lipinski definition) is 3. The Hall–Kier alpha value is -3.85. The number of benzene rings is 1. The average molecular weight is 472 g/mol. The van der Waals surface area contributed by atoms with Crippen molar-refractivity contribution in [2.75, 3.05) is 23.8 Å². The van der Waals surface area contributed by atoms with E-state index in [0.717, 1.165) is 61.2 Å². The van der Waals surface area contributed by atoms with Crippen molar-refractivity contribution in [2.24, 2.45) is 10.7 Å². The van der Waals surface area contributed by atoms with Gasteiger partial charge in [-0.15, -0.1) is 0 Å². The van der Waals surface area contributed by atoms with Crippen LogP contribution in [0.4, 0.5) is 11.8 Å². The fraction of sp³-hybridized carbons (Fsp3) is 0.346. The summed E-state index contributed by atoms with van der Waals surface area (Å²) in [4.78, 5) is 31.8. The summed E-state index contributed by atoms with van der Waals surface area (Å²) in [6.07, 6.45) is 9.59. The molecule has 9 heteroatoms. The number of nitrogens with two attached hydrogens (primary N) is 2. The van der Waals surface area contributed by atoms with E-state index in [2.05, 4.69) is 24.8 Å². The number of rotatable bonds is 6. The highest BCUT2D eigenvalue weighted by Gasteiger charge is 2.43. The fourth-order valence-corrected chi connectivity index (χ4v) is 4.98. The van der Waals surface area contributed by atoms with E-state index in [1.807, 2.05) is 30.3 Å². The smallest absolute Gasteiger partial charge is 0.280 e. The Kier molecular flexibility index (Phi) is 6.17. The van der Waals surface area contributed by atoms with Crippen LogP contribution in [0.1, 0.15) is 48.0 Å². The third-order valence-electron chi connectivity index (χ3n) is 7.24. The minimum atomic E-state index is -0.441. The second kappa shape index (κ2) is 9.42. The summed E-state index contributed by atoms with van der Waals surface area (Å²) < 4.78 is 0. The van der Waals surface area contributed by atoms with E-state index in [-0.39, 0.29) is 18.6 Å². The van der Waals surface area contributed by atoms with E-state index in [1.165, 1.54) is 6.20 Å². The number of nitrogens with zero attached hydrogens (tertiary/aromatic N) is 5. The molecule has 1 saturated carbocycles. The first-order chi connectivity index (χ1) is 17.0. The van der Waals surface area contributed by atoms with Crippen LogP contribution in [0.2, 0.25) is 0 Å². The lowest BCUT2D eigenvalue weighted by Crippen LogP contribution is -2.47. The van der Waals surface area contributed by atoms with Gasteiger partial charge in [0.1, 0.15) is 11.7 Å². The monoisotopic (exact) mass is 471 g/mol. The van der Waals surface area contributed by atoms with Gasteiger partial charge in [0.15, 0.2) is 0 Å². The predicted molar refractivity (Wildman–Crippen MR) is 135 cm³/mol. The lowest BCUT2D eigenvalue weighted by atomic mass is 9.63. The third kappa shape index (κ3) is 4.35. The molecule has 2 fully saturated rings. The molecule has 5 N–H and O–H groups in total. The second-order valence-corrected chi connectivity index (χ2v) is 9.22. The van der Waals surface area contributed by atoms with E-state index in [4.69, 9.17) is 11.5 Å². The molecule has 35 heavy (non-hydrogen) atoms. The SMILES string of the molecule is NC(=NC(=O)c1ccc(N2CCCC2CO)nc1)C1(c2ccc(-c3cnc(N)nc3)cc2)CCC1. The van der Waals surface area contributed by atoms with E-state index < -0.39 is 11.3 Å². The lowest BCUT2D eigenvalue weighted by Gasteiger charge is -2.41. The summed E-state index contributed by atoms with van der Waals surface area (Å²) >= 11 is 0. The average Bonchev–Trinajstić information content (AvgIpc) is 3.33. The van der Waals surface area contributed by atoms with Crippen molar-refractivity contribution < 1.29 is 9.90 Å². The number of aliphatic hydroxyl groups is 1. The number of aliphatic hydroxyl groups excluding tert-OH is 1. The molecule has 2 aliphatic rings. The van der Waals surface area contributed by atoms with Crippen LogP contribution < -0.4 is 16.4 Å². The zero-order valence-corrected chi connectivity index (χ0v) is 19.5. The fourth-order valence-electron chi connectivity index (χ4n) is 4.98. The van der Waals surface area contributed by atoms with E-state index >= 15 is 0 Å². The minimum Gasteiger partial charge on any atom is -0.394 e. The van der Waals surface area contributed by atoms with E-state index in [9.17, 15) is 9.90 Å². The van der Waals surface area contributed by atoms with Crippen molar-refractivity contribution in [1.82, 2.24) is 15.0 Å². The molecule has 1 amide bonds. The summed E-state index contributed by atoms with van der Waals surface area (Å²) in [5.41, 5.74) is 14.9. The number of carbonyl (C=O) groups excluding carboxylic acids is 1. The van der Waals surface area contributed by atoms with Crippen molar-refractivity contribution in [1.29, 1.82) is 0 Å². The maximum Gasteiger partial charge on any atom is 0.280 e. The Morgan fingerprint density at radius 1 is 1.03 bits per heavy atom. The highest BCUT2D eigenvalue weighted by atomic mass is 16.3. The van der Waals surface area contributed by atoms with E-state index in [1.54, 1.807) is 18.5 Å². The molecule has 1 saturated heterocycles. The molecule has 9 nitrogen and oxygen atoms in total. The zero-order valence-electron chi connectivity index (χ0n) is 19.5. The molecule has 1 atom stereocenters. The molecular formula is C26H29N7O2. The van der Waals surface area contributed by atoms with E-state index in [0.29, 0.717) is 11.4 Å². The van der Waals surface area contributed by atoms with Crippen LogP contribution in [-0.2, 0) is 5.41 Å². The molecule has 3 aromatic rings. The van der Waals surface area contributed by atoms with Crippen molar-refractivity contribution in [2.45, 2.75) is 43.6 Å². The number of carbonyl (C=O) groups is 1. The topological polar surface area (TPSA) is 144 Å². The van der Waals surface area contributed by atoms with Gasteiger partial charge in [-0.25, -0.2) is 15.0 Å². The van der Waals surface area contributed by atoms with Crippen LogP contribution in [0.3, 0.4) is 0 Å². The van der Waals surface area contributed by atoms with Crippen LogP contribution in [0.15, 0.2) is 60.0 Å². The van der Waals surface area contributed by atoms with Crippen molar-refractivity contribution in [3.05, 3.63) is 66.1 Å². The first kappa shape index (κ1) is 22.9. The Morgan fingerprint density at radius 3 is 2.37 bits per heavy atom. The minimum absolute atomic E-state index is 0.0788. The summed E-state index contributed by atoms with van der Waals surface area (Å²) in [5.74, 6) is 0.935. The Bertz CT molecular complexity index is 1220. The number of anilines is 2. The summed E-state index contributed by atoms with van der Waals surface area (Å²) in [7, 11) is 0. The standard InChI is InChI=1S/C26H29N7O2/c27-24(32-23(35)18-6-9-22(29-13-18)33-12-1-3-21(33)16-34)26(10-2-11-26)20-7-4-17(5-8-20)19-14-30-25(28)31-15-19/h4-9,13-15,21,34H,1-3,10-12,16H2,(H2,27,32,35)(H2,28,30,31). The van der Waals surface area contributed by atoms with Gasteiger partial charge in [0.25, 0.3) is 5.91 Å². The van der Waals surface area contributed by atoms with Crippen LogP contribution in [-0.4, -0.2) is 51.0 Å². The number of amidine groups is 1. The van der Waals surface area contributed by atoms with Crippen LogP contribution in [0.5, 0.6) is 0 Å². The number of hydrogen-bond acceptors (Lipinski definition) is 7. The number of nitrogen functional groups attached to an aromatic ring is 1. The van der Waals surface area contributed by atoms with Gasteiger partial charge < -0.3 is 21.5 Å². The van der Waals surface area contributed by atoms with Gasteiger partial charge in [-0.05, 0) is 48.9 Å². The van der Waals surface area contributed by atoms with Crippen molar-refractivity contribution >= 4 is 23.5 Å². The molecule has 0 radical (unpaired) electrons. The highest BCUT2D eigenvalue weighted by molar-refractivity contribution is 6.06. The highest BCUT2D eigenvalue weighted by Crippen LogP contribution is 2.44.